The summed E-state index contributed by atoms with van der Waals surface area (Å²) in [5, 5.41) is 16.6. The van der Waals surface area contributed by atoms with Gasteiger partial charge in [0.25, 0.3) is 0 Å². The molecule has 0 saturated heterocycles. The average molecular weight is 446 g/mol. The largest absolute Gasteiger partial charge is 0.340 e. The number of amidine groups is 1. The van der Waals surface area contributed by atoms with Crippen LogP contribution in [-0.2, 0) is 13.0 Å². The van der Waals surface area contributed by atoms with Gasteiger partial charge in [-0.3, -0.25) is 10.4 Å². The van der Waals surface area contributed by atoms with Crippen LogP contribution in [0.2, 0.25) is 0 Å². The lowest BCUT2D eigenvalue weighted by molar-refractivity contribution is 0.675. The van der Waals surface area contributed by atoms with Gasteiger partial charge in [0.2, 0.25) is 0 Å². The number of halogens is 3. The summed E-state index contributed by atoms with van der Waals surface area (Å²) in [6.07, 6.45) is 2.78. The second-order valence-electron chi connectivity index (χ2n) is 5.42. The molecule has 1 aromatic carbocycles. The molecule has 0 saturated carbocycles. The van der Waals surface area contributed by atoms with Crippen molar-refractivity contribution < 1.29 is 0 Å². The second-order valence-corrected chi connectivity index (χ2v) is 6.37. The van der Waals surface area contributed by atoms with Gasteiger partial charge in [0, 0.05) is 18.4 Å². The van der Waals surface area contributed by atoms with Crippen LogP contribution in [0.3, 0.4) is 0 Å². The van der Waals surface area contributed by atoms with Crippen molar-refractivity contribution in [2.75, 3.05) is 11.9 Å². The monoisotopic (exact) mass is 444 g/mol. The molecule has 0 amide bonds. The van der Waals surface area contributed by atoms with Crippen molar-refractivity contribution in [2.24, 2.45) is 0 Å². The third-order valence-electron chi connectivity index (χ3n) is 3.61. The molecule has 0 aliphatic rings. The van der Waals surface area contributed by atoms with E-state index in [4.69, 9.17) is 5.41 Å². The molecule has 0 aliphatic carbocycles. The van der Waals surface area contributed by atoms with E-state index >= 15 is 0 Å². The summed E-state index contributed by atoms with van der Waals surface area (Å²) >= 11 is 1.56. The molecule has 3 aromatic rings. The fraction of sp³-hybridized carbons (Fsp3) is 0.158. The Morgan fingerprint density at radius 1 is 0.963 bits per heavy atom. The SMILES string of the molecule is Cl.Cl.Cl.N=C(Nc1ccc(CCNCc2ccccn2)cc1)c1cccs1. The van der Waals surface area contributed by atoms with Crippen LogP contribution in [0, 0.1) is 5.41 Å². The van der Waals surface area contributed by atoms with E-state index in [1.54, 1.807) is 11.3 Å². The minimum Gasteiger partial charge on any atom is -0.340 e. The number of benzene rings is 1. The number of thiophene rings is 1. The first-order chi connectivity index (χ1) is 11.8. The molecule has 8 heteroatoms. The van der Waals surface area contributed by atoms with Gasteiger partial charge in [0.05, 0.1) is 10.6 Å². The summed E-state index contributed by atoms with van der Waals surface area (Å²) in [4.78, 5) is 5.24. The van der Waals surface area contributed by atoms with Crippen LogP contribution in [0.15, 0.2) is 66.2 Å². The molecule has 0 atom stereocenters. The van der Waals surface area contributed by atoms with Crippen LogP contribution >= 0.6 is 48.6 Å². The number of hydrogen-bond donors (Lipinski definition) is 3. The molecule has 146 valence electrons. The minimum absolute atomic E-state index is 0. The van der Waals surface area contributed by atoms with Gasteiger partial charge in [0.1, 0.15) is 5.84 Å². The minimum atomic E-state index is 0. The highest BCUT2D eigenvalue weighted by molar-refractivity contribution is 7.12. The van der Waals surface area contributed by atoms with Gasteiger partial charge < -0.3 is 10.6 Å². The van der Waals surface area contributed by atoms with Crippen molar-refractivity contribution in [3.8, 4) is 0 Å². The van der Waals surface area contributed by atoms with Gasteiger partial charge in [-0.2, -0.15) is 0 Å². The van der Waals surface area contributed by atoms with Crippen molar-refractivity contribution in [2.45, 2.75) is 13.0 Å². The van der Waals surface area contributed by atoms with Crippen molar-refractivity contribution >= 4 is 60.1 Å². The molecule has 3 N–H and O–H groups in total. The van der Waals surface area contributed by atoms with E-state index in [9.17, 15) is 0 Å². The van der Waals surface area contributed by atoms with Crippen LogP contribution < -0.4 is 10.6 Å². The lowest BCUT2D eigenvalue weighted by Gasteiger charge is -2.08. The van der Waals surface area contributed by atoms with Gasteiger partial charge >= 0.3 is 0 Å². The fourth-order valence-corrected chi connectivity index (χ4v) is 2.96. The van der Waals surface area contributed by atoms with Gasteiger partial charge in [-0.15, -0.1) is 48.6 Å². The molecular formula is C19H23Cl3N4S. The van der Waals surface area contributed by atoms with Gasteiger partial charge in [-0.1, -0.05) is 24.3 Å². The maximum atomic E-state index is 8.04. The molecule has 0 radical (unpaired) electrons. The zero-order valence-corrected chi connectivity index (χ0v) is 17.8. The van der Waals surface area contributed by atoms with Gasteiger partial charge in [-0.25, -0.2) is 0 Å². The molecule has 3 rings (SSSR count). The molecule has 0 fully saturated rings. The van der Waals surface area contributed by atoms with E-state index in [1.165, 1.54) is 5.56 Å². The quantitative estimate of drug-likeness (QED) is 0.267. The third-order valence-corrected chi connectivity index (χ3v) is 4.50. The van der Waals surface area contributed by atoms with E-state index in [0.29, 0.717) is 5.84 Å². The van der Waals surface area contributed by atoms with Crippen molar-refractivity contribution in [3.63, 3.8) is 0 Å². The van der Waals surface area contributed by atoms with E-state index in [0.717, 1.165) is 35.8 Å². The van der Waals surface area contributed by atoms with E-state index in [1.807, 2.05) is 54.0 Å². The average Bonchev–Trinajstić information content (AvgIpc) is 3.16. The normalized spacial score (nSPS) is 9.33. The Morgan fingerprint density at radius 2 is 1.74 bits per heavy atom. The van der Waals surface area contributed by atoms with Crippen LogP contribution in [0.4, 0.5) is 5.69 Å². The third kappa shape index (κ3) is 8.28. The number of pyridine rings is 1. The zero-order chi connectivity index (χ0) is 16.6. The molecule has 27 heavy (non-hydrogen) atoms. The maximum Gasteiger partial charge on any atom is 0.140 e. The summed E-state index contributed by atoms with van der Waals surface area (Å²) < 4.78 is 0. The zero-order valence-electron chi connectivity index (χ0n) is 14.6. The summed E-state index contributed by atoms with van der Waals surface area (Å²) in [5.74, 6) is 0.440. The van der Waals surface area contributed by atoms with E-state index in [-0.39, 0.29) is 37.2 Å². The van der Waals surface area contributed by atoms with Crippen LogP contribution in [0.25, 0.3) is 0 Å². The highest BCUT2D eigenvalue weighted by Gasteiger charge is 2.02. The molecule has 2 aromatic heterocycles. The lowest BCUT2D eigenvalue weighted by Crippen LogP contribution is -2.17. The van der Waals surface area contributed by atoms with Crippen molar-refractivity contribution in [1.82, 2.24) is 10.3 Å². The highest BCUT2D eigenvalue weighted by Crippen LogP contribution is 2.14. The highest BCUT2D eigenvalue weighted by atomic mass is 35.5. The first-order valence-electron chi connectivity index (χ1n) is 7.90. The Kier molecular flexibility index (Phi) is 12.7. The summed E-state index contributed by atoms with van der Waals surface area (Å²) in [6.45, 7) is 1.70. The first kappa shape index (κ1) is 25.4. The number of rotatable bonds is 7. The first-order valence-corrected chi connectivity index (χ1v) is 8.78. The number of nitrogens with one attached hydrogen (secondary N) is 3. The van der Waals surface area contributed by atoms with E-state index < -0.39 is 0 Å². The Hall–Kier alpha value is -1.63. The predicted octanol–water partition coefficient (Wildman–Crippen LogP) is 5.18. The molecule has 4 nitrogen and oxygen atoms in total. The number of nitrogens with zero attached hydrogens (tertiary/aromatic N) is 1. The number of hydrogen-bond acceptors (Lipinski definition) is 4. The summed E-state index contributed by atoms with van der Waals surface area (Å²) in [7, 11) is 0. The Labute approximate surface area is 182 Å². The van der Waals surface area contributed by atoms with Crippen molar-refractivity contribution in [3.05, 3.63) is 82.3 Å². The number of aromatic nitrogens is 1. The fourth-order valence-electron chi connectivity index (χ4n) is 2.33. The smallest absolute Gasteiger partial charge is 0.140 e. The Morgan fingerprint density at radius 3 is 2.37 bits per heavy atom. The summed E-state index contributed by atoms with van der Waals surface area (Å²) in [5.41, 5.74) is 3.28. The standard InChI is InChI=1S/C19H20N4S.3ClH/c20-19(18-5-3-13-24-18)23-16-8-6-15(7-9-16)10-12-21-14-17-4-1-2-11-22-17;;;/h1-9,11,13,21H,10,12,14H2,(H2,20,23);3*1H. The van der Waals surface area contributed by atoms with Crippen molar-refractivity contribution in [1.29, 1.82) is 5.41 Å². The Bertz CT molecular complexity index is 765. The number of anilines is 1. The molecule has 0 spiro atoms. The topological polar surface area (TPSA) is 60.8 Å². The van der Waals surface area contributed by atoms with Crippen LogP contribution in [0.1, 0.15) is 16.1 Å². The molecular weight excluding hydrogens is 423 g/mol. The molecule has 0 unspecified atom stereocenters. The van der Waals surface area contributed by atoms with Crippen LogP contribution in [-0.4, -0.2) is 17.4 Å². The van der Waals surface area contributed by atoms with Gasteiger partial charge in [0.15, 0.2) is 0 Å². The van der Waals surface area contributed by atoms with Crippen LogP contribution in [0.5, 0.6) is 0 Å². The molecule has 0 bridgehead atoms. The van der Waals surface area contributed by atoms with Gasteiger partial charge in [-0.05, 0) is 54.2 Å². The predicted molar refractivity (Wildman–Crippen MR) is 123 cm³/mol. The maximum absolute atomic E-state index is 8.04. The molecule has 0 aliphatic heterocycles. The van der Waals surface area contributed by atoms with E-state index in [2.05, 4.69) is 27.8 Å². The second kappa shape index (κ2) is 13.5. The summed E-state index contributed by atoms with van der Waals surface area (Å²) in [6, 6.07) is 18.1. The molecule has 2 heterocycles. The Balaban J connectivity index is 0.00000225. The lowest BCUT2D eigenvalue weighted by atomic mass is 10.1.